The van der Waals surface area contributed by atoms with Crippen LogP contribution in [-0.4, -0.2) is 32.7 Å². The number of halogens is 1. The third-order valence-corrected chi connectivity index (χ3v) is 4.59. The number of rotatable bonds is 6. The molecule has 2 aromatic carbocycles. The number of carbonyl (C=O) groups is 1. The van der Waals surface area contributed by atoms with Crippen molar-refractivity contribution in [2.24, 2.45) is 0 Å². The average molecular weight is 433 g/mol. The van der Waals surface area contributed by atoms with Crippen molar-refractivity contribution in [1.82, 2.24) is 9.71 Å². The first-order valence-electron chi connectivity index (χ1n) is 8.36. The second kappa shape index (κ2) is 8.50. The molecule has 7 nitrogen and oxygen atoms in total. The topological polar surface area (TPSA) is 94.6 Å². The summed E-state index contributed by atoms with van der Waals surface area (Å²) < 4.78 is 36.1. The van der Waals surface area contributed by atoms with E-state index in [0.717, 1.165) is 6.26 Å². The number of nitrogens with zero attached hydrogens (tertiary/aromatic N) is 1. The van der Waals surface area contributed by atoms with Crippen LogP contribution in [0.15, 0.2) is 60.8 Å². The van der Waals surface area contributed by atoms with Crippen LogP contribution in [0.1, 0.15) is 10.4 Å². The highest BCUT2D eigenvalue weighted by Crippen LogP contribution is 2.38. The minimum atomic E-state index is -3.71. The monoisotopic (exact) mass is 432 g/mol. The normalized spacial score (nSPS) is 11.0. The van der Waals surface area contributed by atoms with Crippen LogP contribution in [0.3, 0.4) is 0 Å². The molecule has 0 aliphatic rings. The summed E-state index contributed by atoms with van der Waals surface area (Å²) >= 11 is 6.02. The van der Waals surface area contributed by atoms with Crippen LogP contribution in [0.2, 0.25) is 5.02 Å². The van der Waals surface area contributed by atoms with Gasteiger partial charge in [0.1, 0.15) is 11.5 Å². The Labute approximate surface area is 173 Å². The average Bonchev–Trinajstić information content (AvgIpc) is 2.67. The lowest BCUT2D eigenvalue weighted by Crippen LogP contribution is -2.29. The standard InChI is InChI=1S/C20H17ClN2O5S/c1-27-20-16(7-4-10-22-20)17-11-13(19(24)23-29(2,25)26)8-9-18(17)28-15-6-3-5-14(21)12-15/h3-12H,1-2H3,(H,23,24). The van der Waals surface area contributed by atoms with E-state index in [1.807, 2.05) is 4.72 Å². The maximum Gasteiger partial charge on any atom is 0.264 e. The Bertz CT molecular complexity index is 1170. The quantitative estimate of drug-likeness (QED) is 0.635. The zero-order valence-corrected chi connectivity index (χ0v) is 17.1. The van der Waals surface area contributed by atoms with Crippen molar-refractivity contribution in [3.63, 3.8) is 0 Å². The Morgan fingerprint density at radius 2 is 1.86 bits per heavy atom. The van der Waals surface area contributed by atoms with Crippen molar-refractivity contribution in [1.29, 1.82) is 0 Å². The fourth-order valence-corrected chi connectivity index (χ4v) is 3.25. The van der Waals surface area contributed by atoms with Crippen LogP contribution >= 0.6 is 11.6 Å². The highest BCUT2D eigenvalue weighted by atomic mass is 35.5. The summed E-state index contributed by atoms with van der Waals surface area (Å²) in [6.07, 6.45) is 2.48. The van der Waals surface area contributed by atoms with Crippen molar-refractivity contribution < 1.29 is 22.7 Å². The zero-order valence-electron chi connectivity index (χ0n) is 15.5. The molecule has 1 amide bonds. The molecule has 9 heteroatoms. The smallest absolute Gasteiger partial charge is 0.264 e. The number of hydrogen-bond acceptors (Lipinski definition) is 6. The van der Waals surface area contributed by atoms with Gasteiger partial charge in [0.25, 0.3) is 5.91 Å². The second-order valence-corrected chi connectivity index (χ2v) is 8.22. The highest BCUT2D eigenvalue weighted by Gasteiger charge is 2.18. The van der Waals surface area contributed by atoms with E-state index in [1.165, 1.54) is 19.2 Å². The summed E-state index contributed by atoms with van der Waals surface area (Å²) in [5, 5.41) is 0.507. The van der Waals surface area contributed by atoms with Crippen molar-refractivity contribution in [2.75, 3.05) is 13.4 Å². The van der Waals surface area contributed by atoms with E-state index in [2.05, 4.69) is 4.98 Å². The molecule has 0 unspecified atom stereocenters. The summed E-state index contributed by atoms with van der Waals surface area (Å²) in [7, 11) is -2.23. The first-order valence-corrected chi connectivity index (χ1v) is 10.6. The maximum absolute atomic E-state index is 12.3. The number of methoxy groups -OCH3 is 1. The van der Waals surface area contributed by atoms with Crippen LogP contribution in [0.5, 0.6) is 17.4 Å². The largest absolute Gasteiger partial charge is 0.481 e. The van der Waals surface area contributed by atoms with Crippen molar-refractivity contribution in [3.05, 3.63) is 71.4 Å². The summed E-state index contributed by atoms with van der Waals surface area (Å²) in [5.41, 5.74) is 1.20. The molecule has 1 N–H and O–H groups in total. The summed E-state index contributed by atoms with van der Waals surface area (Å²) in [5.74, 6) is 0.472. The van der Waals surface area contributed by atoms with Gasteiger partial charge in [0.05, 0.1) is 13.4 Å². The Morgan fingerprint density at radius 1 is 1.07 bits per heavy atom. The van der Waals surface area contributed by atoms with Gasteiger partial charge < -0.3 is 9.47 Å². The van der Waals surface area contributed by atoms with Gasteiger partial charge in [-0.1, -0.05) is 17.7 Å². The van der Waals surface area contributed by atoms with Crippen LogP contribution in [-0.2, 0) is 10.0 Å². The van der Waals surface area contributed by atoms with Crippen molar-refractivity contribution in [2.45, 2.75) is 0 Å². The van der Waals surface area contributed by atoms with E-state index in [4.69, 9.17) is 21.1 Å². The number of aromatic nitrogens is 1. The maximum atomic E-state index is 12.3. The molecule has 0 radical (unpaired) electrons. The molecule has 0 spiro atoms. The third-order valence-electron chi connectivity index (χ3n) is 3.80. The van der Waals surface area contributed by atoms with Gasteiger partial charge >= 0.3 is 0 Å². The van der Waals surface area contributed by atoms with Crippen LogP contribution in [0.4, 0.5) is 0 Å². The second-order valence-electron chi connectivity index (χ2n) is 6.03. The lowest BCUT2D eigenvalue weighted by Gasteiger charge is -2.15. The lowest BCUT2D eigenvalue weighted by molar-refractivity contribution is 0.0981. The van der Waals surface area contributed by atoms with E-state index < -0.39 is 15.9 Å². The molecule has 0 bridgehead atoms. The molecule has 150 valence electrons. The summed E-state index contributed by atoms with van der Waals surface area (Å²) in [6, 6.07) is 14.9. The Hall–Kier alpha value is -3.10. The Kier molecular flexibility index (Phi) is 6.05. The molecule has 1 aromatic heterocycles. The number of ether oxygens (including phenoxy) is 2. The number of carbonyl (C=O) groups excluding carboxylic acids is 1. The Morgan fingerprint density at radius 3 is 2.55 bits per heavy atom. The molecule has 3 rings (SSSR count). The van der Waals surface area contributed by atoms with Crippen LogP contribution in [0.25, 0.3) is 11.1 Å². The molecule has 0 atom stereocenters. The van der Waals surface area contributed by atoms with Gasteiger partial charge in [0.2, 0.25) is 15.9 Å². The minimum absolute atomic E-state index is 0.134. The zero-order chi connectivity index (χ0) is 21.0. The number of sulfonamides is 1. The number of pyridine rings is 1. The van der Waals surface area contributed by atoms with E-state index in [1.54, 1.807) is 48.7 Å². The summed E-state index contributed by atoms with van der Waals surface area (Å²) in [4.78, 5) is 16.5. The van der Waals surface area contributed by atoms with Crippen LogP contribution < -0.4 is 14.2 Å². The first-order chi connectivity index (χ1) is 13.8. The molecular weight excluding hydrogens is 416 g/mol. The first kappa shape index (κ1) is 20.6. The van der Waals surface area contributed by atoms with Gasteiger partial charge in [-0.05, 0) is 48.5 Å². The molecular formula is C20H17ClN2O5S. The van der Waals surface area contributed by atoms with Crippen molar-refractivity contribution in [3.8, 4) is 28.5 Å². The SMILES string of the molecule is COc1ncccc1-c1cc(C(=O)NS(C)(=O)=O)ccc1Oc1cccc(Cl)c1. The molecule has 0 fully saturated rings. The third kappa shape index (κ3) is 5.24. The summed E-state index contributed by atoms with van der Waals surface area (Å²) in [6.45, 7) is 0. The molecule has 3 aromatic rings. The number of amides is 1. The van der Waals surface area contributed by atoms with Gasteiger partial charge in [0, 0.05) is 27.9 Å². The van der Waals surface area contributed by atoms with Crippen molar-refractivity contribution >= 4 is 27.5 Å². The predicted molar refractivity (Wildman–Crippen MR) is 110 cm³/mol. The molecule has 0 aliphatic heterocycles. The van der Waals surface area contributed by atoms with E-state index >= 15 is 0 Å². The Balaban J connectivity index is 2.11. The fraction of sp³-hybridized carbons (Fsp3) is 0.100. The minimum Gasteiger partial charge on any atom is -0.481 e. The van der Waals surface area contributed by atoms with Gasteiger partial charge in [-0.15, -0.1) is 0 Å². The predicted octanol–water partition coefficient (Wildman–Crippen LogP) is 3.89. The molecule has 1 heterocycles. The number of benzene rings is 2. The van der Waals surface area contributed by atoms with E-state index in [0.29, 0.717) is 33.5 Å². The van der Waals surface area contributed by atoms with E-state index in [-0.39, 0.29) is 5.56 Å². The van der Waals surface area contributed by atoms with Gasteiger partial charge in [-0.3, -0.25) is 4.79 Å². The molecule has 0 aliphatic carbocycles. The lowest BCUT2D eigenvalue weighted by atomic mass is 10.0. The number of hydrogen-bond donors (Lipinski definition) is 1. The van der Waals surface area contributed by atoms with Gasteiger partial charge in [-0.25, -0.2) is 18.1 Å². The van der Waals surface area contributed by atoms with Gasteiger partial charge in [-0.2, -0.15) is 0 Å². The molecule has 29 heavy (non-hydrogen) atoms. The molecule has 0 saturated carbocycles. The molecule has 0 saturated heterocycles. The van der Waals surface area contributed by atoms with Gasteiger partial charge in [0.15, 0.2) is 0 Å². The van der Waals surface area contributed by atoms with E-state index in [9.17, 15) is 13.2 Å². The van der Waals surface area contributed by atoms with Crippen LogP contribution in [0, 0.1) is 0 Å². The number of nitrogens with one attached hydrogen (secondary N) is 1. The fourth-order valence-electron chi connectivity index (χ4n) is 2.61. The highest BCUT2D eigenvalue weighted by molar-refractivity contribution is 7.89.